The molecule has 7 N–H and O–H groups in total. The second-order valence-electron chi connectivity index (χ2n) is 6.86. The maximum atomic E-state index is 14.5. The molecule has 0 bridgehead atoms. The number of hydrogen-bond donors (Lipinski definition) is 5. The van der Waals surface area contributed by atoms with E-state index in [0.29, 0.717) is 11.6 Å². The lowest BCUT2D eigenvalue weighted by atomic mass is 9.91. The Morgan fingerprint density at radius 1 is 1.31 bits per heavy atom. The summed E-state index contributed by atoms with van der Waals surface area (Å²) in [5, 5.41) is 14.8. The average molecular weight is 404 g/mol. The summed E-state index contributed by atoms with van der Waals surface area (Å²) in [6, 6.07) is 4.11. The second-order valence-corrected chi connectivity index (χ2v) is 6.86. The molecular formula is C19H25FN6O3. The van der Waals surface area contributed by atoms with Crippen molar-refractivity contribution in [1.29, 1.82) is 0 Å². The van der Waals surface area contributed by atoms with Gasteiger partial charge in [-0.3, -0.25) is 4.79 Å². The van der Waals surface area contributed by atoms with Gasteiger partial charge in [0.1, 0.15) is 12.4 Å². The molecule has 0 unspecified atom stereocenters. The summed E-state index contributed by atoms with van der Waals surface area (Å²) in [5.74, 6) is -1.03. The van der Waals surface area contributed by atoms with E-state index >= 15 is 0 Å². The lowest BCUT2D eigenvalue weighted by molar-refractivity contribution is 0.100. The first-order valence-corrected chi connectivity index (χ1v) is 9.47. The zero-order chi connectivity index (χ0) is 20.8. The molecule has 1 aliphatic carbocycles. The highest BCUT2D eigenvalue weighted by atomic mass is 19.1. The van der Waals surface area contributed by atoms with Crippen molar-refractivity contribution in [2.24, 2.45) is 11.5 Å². The fourth-order valence-electron chi connectivity index (χ4n) is 3.21. The van der Waals surface area contributed by atoms with Gasteiger partial charge >= 0.3 is 0 Å². The van der Waals surface area contributed by atoms with E-state index in [9.17, 15) is 9.18 Å². The van der Waals surface area contributed by atoms with Gasteiger partial charge in [0.05, 0.1) is 24.1 Å². The number of nitrogens with one attached hydrogen (secondary N) is 2. The smallest absolute Gasteiger partial charge is 0.252 e. The van der Waals surface area contributed by atoms with E-state index in [1.165, 1.54) is 6.20 Å². The van der Waals surface area contributed by atoms with Crippen molar-refractivity contribution < 1.29 is 19.0 Å². The Morgan fingerprint density at radius 3 is 2.76 bits per heavy atom. The number of pyridine rings is 2. The van der Waals surface area contributed by atoms with Crippen LogP contribution in [0.3, 0.4) is 0 Å². The molecule has 0 aromatic carbocycles. The maximum Gasteiger partial charge on any atom is 0.252 e. The van der Waals surface area contributed by atoms with E-state index in [4.69, 9.17) is 21.3 Å². The molecule has 156 valence electrons. The van der Waals surface area contributed by atoms with Crippen molar-refractivity contribution in [2.75, 3.05) is 23.8 Å². The average Bonchev–Trinajstić information content (AvgIpc) is 2.71. The quantitative estimate of drug-likeness (QED) is 0.445. The number of aliphatic hydroxyl groups is 1. The Labute approximate surface area is 167 Å². The van der Waals surface area contributed by atoms with E-state index < -0.39 is 11.7 Å². The van der Waals surface area contributed by atoms with Gasteiger partial charge < -0.3 is 31.9 Å². The highest BCUT2D eigenvalue weighted by Crippen LogP contribution is 2.27. The van der Waals surface area contributed by atoms with Crippen LogP contribution in [-0.2, 0) is 0 Å². The normalized spacial score (nSPS) is 18.9. The Bertz CT molecular complexity index is 849. The molecule has 1 aliphatic rings. The molecule has 10 heteroatoms. The largest absolute Gasteiger partial charge is 0.475 e. The predicted molar refractivity (Wildman–Crippen MR) is 107 cm³/mol. The number of halogens is 1. The first kappa shape index (κ1) is 20.7. The van der Waals surface area contributed by atoms with Crippen molar-refractivity contribution in [1.82, 2.24) is 9.97 Å². The van der Waals surface area contributed by atoms with E-state index in [2.05, 4.69) is 20.6 Å². The Balaban J connectivity index is 1.83. The van der Waals surface area contributed by atoms with Gasteiger partial charge in [-0.05, 0) is 25.0 Å². The van der Waals surface area contributed by atoms with Gasteiger partial charge in [-0.15, -0.1) is 0 Å². The van der Waals surface area contributed by atoms with Gasteiger partial charge in [0.15, 0.2) is 11.6 Å². The summed E-state index contributed by atoms with van der Waals surface area (Å²) >= 11 is 0. The molecule has 1 amide bonds. The van der Waals surface area contributed by atoms with Gasteiger partial charge in [0.2, 0.25) is 5.88 Å². The van der Waals surface area contributed by atoms with Crippen molar-refractivity contribution in [3.63, 3.8) is 0 Å². The molecule has 2 atom stereocenters. The molecule has 3 rings (SSSR count). The Morgan fingerprint density at radius 2 is 2.10 bits per heavy atom. The highest BCUT2D eigenvalue weighted by molar-refractivity contribution is 5.98. The standard InChI is InChI=1S/C19H25FN6O3/c20-13-9-12(17(22)28)18(24-11-5-6-16(23-10-11)29-8-7-27)26-19(13)25-15-4-2-1-3-14(15)21/h5-6,9-10,14-15,27H,1-4,7-8,21H2,(H2,22,28)(H2,24,25,26)/t14-,15+/m0/s1. The molecule has 0 radical (unpaired) electrons. The predicted octanol–water partition coefficient (Wildman–Crippen LogP) is 1.51. The maximum absolute atomic E-state index is 14.5. The third-order valence-electron chi connectivity index (χ3n) is 4.72. The molecule has 29 heavy (non-hydrogen) atoms. The number of primary amides is 1. The number of nitrogens with two attached hydrogens (primary N) is 2. The molecule has 1 saturated carbocycles. The van der Waals surface area contributed by atoms with E-state index in [1.807, 2.05) is 0 Å². The number of anilines is 3. The SMILES string of the molecule is NC(=O)c1cc(F)c(N[C@@H]2CCCC[C@@H]2N)nc1Nc1ccc(OCCO)nc1. The van der Waals surface area contributed by atoms with Gasteiger partial charge in [0, 0.05) is 18.2 Å². The number of ether oxygens (including phenoxy) is 1. The van der Waals surface area contributed by atoms with Crippen LogP contribution in [0.15, 0.2) is 24.4 Å². The lowest BCUT2D eigenvalue weighted by Crippen LogP contribution is -2.43. The second kappa shape index (κ2) is 9.48. The molecular weight excluding hydrogens is 379 g/mol. The fraction of sp³-hybridized carbons (Fsp3) is 0.421. The molecule has 0 aliphatic heterocycles. The van der Waals surface area contributed by atoms with E-state index in [0.717, 1.165) is 31.7 Å². The molecule has 1 fully saturated rings. The topological polar surface area (TPSA) is 148 Å². The minimum Gasteiger partial charge on any atom is -0.475 e. The van der Waals surface area contributed by atoms with Crippen LogP contribution in [0.25, 0.3) is 0 Å². The minimum atomic E-state index is -0.810. The molecule has 9 nitrogen and oxygen atoms in total. The lowest BCUT2D eigenvalue weighted by Gasteiger charge is -2.30. The van der Waals surface area contributed by atoms with Crippen LogP contribution in [0.1, 0.15) is 36.0 Å². The van der Waals surface area contributed by atoms with Crippen LogP contribution >= 0.6 is 0 Å². The van der Waals surface area contributed by atoms with Crippen LogP contribution < -0.4 is 26.8 Å². The number of carbonyl (C=O) groups excluding carboxylic acids is 1. The number of aliphatic hydroxyl groups excluding tert-OH is 1. The summed E-state index contributed by atoms with van der Waals surface area (Å²) in [6.45, 7) is 0.00697. The summed E-state index contributed by atoms with van der Waals surface area (Å²) < 4.78 is 19.7. The van der Waals surface area contributed by atoms with Gasteiger partial charge in [-0.25, -0.2) is 14.4 Å². The van der Waals surface area contributed by atoms with Crippen molar-refractivity contribution in [3.05, 3.63) is 35.8 Å². The fourth-order valence-corrected chi connectivity index (χ4v) is 3.21. The number of amides is 1. The third kappa shape index (κ3) is 5.30. The zero-order valence-electron chi connectivity index (χ0n) is 15.9. The molecule has 0 saturated heterocycles. The number of aromatic nitrogens is 2. The summed E-state index contributed by atoms with van der Waals surface area (Å²) in [7, 11) is 0. The third-order valence-corrected chi connectivity index (χ3v) is 4.72. The van der Waals surface area contributed by atoms with Crippen LogP contribution in [-0.4, -0.2) is 46.3 Å². The monoisotopic (exact) mass is 404 g/mol. The Kier molecular flexibility index (Phi) is 6.78. The zero-order valence-corrected chi connectivity index (χ0v) is 15.9. The number of rotatable bonds is 8. The first-order valence-electron chi connectivity index (χ1n) is 9.47. The van der Waals surface area contributed by atoms with Gasteiger partial charge in [0.25, 0.3) is 5.91 Å². The number of hydrogen-bond acceptors (Lipinski definition) is 8. The van der Waals surface area contributed by atoms with Gasteiger partial charge in [-0.1, -0.05) is 12.8 Å². The molecule has 2 aromatic heterocycles. The minimum absolute atomic E-state index is 0.00992. The molecule has 2 aromatic rings. The summed E-state index contributed by atoms with van der Waals surface area (Å²) in [4.78, 5) is 20.1. The molecule has 2 heterocycles. The van der Waals surface area contributed by atoms with Crippen LogP contribution in [0.5, 0.6) is 5.88 Å². The summed E-state index contributed by atoms with van der Waals surface area (Å²) in [6.07, 6.45) is 5.20. The first-order chi connectivity index (χ1) is 14.0. The van der Waals surface area contributed by atoms with Crippen LogP contribution in [0.4, 0.5) is 21.7 Å². The van der Waals surface area contributed by atoms with Crippen molar-refractivity contribution in [2.45, 2.75) is 37.8 Å². The number of carbonyl (C=O) groups is 1. The highest BCUT2D eigenvalue weighted by Gasteiger charge is 2.24. The van der Waals surface area contributed by atoms with Gasteiger partial charge in [-0.2, -0.15) is 0 Å². The molecule has 0 spiro atoms. The van der Waals surface area contributed by atoms with Crippen molar-refractivity contribution >= 4 is 23.2 Å². The van der Waals surface area contributed by atoms with E-state index in [1.54, 1.807) is 12.1 Å². The van der Waals surface area contributed by atoms with Crippen molar-refractivity contribution in [3.8, 4) is 5.88 Å². The summed E-state index contributed by atoms with van der Waals surface area (Å²) in [5.41, 5.74) is 11.9. The Hall–Kier alpha value is -2.98. The number of nitrogens with zero attached hydrogens (tertiary/aromatic N) is 2. The van der Waals surface area contributed by atoms with Crippen LogP contribution in [0, 0.1) is 5.82 Å². The van der Waals surface area contributed by atoms with E-state index in [-0.39, 0.29) is 42.5 Å². The van der Waals surface area contributed by atoms with Crippen LogP contribution in [0.2, 0.25) is 0 Å².